The molecule has 19 heavy (non-hydrogen) atoms. The summed E-state index contributed by atoms with van der Waals surface area (Å²) in [6, 6.07) is 5.96. The van der Waals surface area contributed by atoms with Crippen LogP contribution in [0.1, 0.15) is 24.4 Å². The van der Waals surface area contributed by atoms with Gasteiger partial charge in [-0.2, -0.15) is 0 Å². The largest absolute Gasteiger partial charge is 0.360 e. The van der Waals surface area contributed by atoms with Crippen LogP contribution in [0.2, 0.25) is 0 Å². The van der Waals surface area contributed by atoms with Crippen molar-refractivity contribution in [2.45, 2.75) is 25.2 Å². The molecule has 3 rings (SSSR count). The molecule has 0 radical (unpaired) electrons. The van der Waals surface area contributed by atoms with E-state index in [9.17, 15) is 14.3 Å². The highest BCUT2D eigenvalue weighted by Gasteiger charge is 2.38. The molecule has 0 aromatic heterocycles. The zero-order chi connectivity index (χ0) is 13.4. The first-order chi connectivity index (χ1) is 9.16. The van der Waals surface area contributed by atoms with Crippen molar-refractivity contribution in [2.75, 3.05) is 6.61 Å². The Bertz CT molecular complexity index is 526. The van der Waals surface area contributed by atoms with Gasteiger partial charge in [0.25, 0.3) is 5.91 Å². The number of amides is 1. The number of ether oxygens (including phenoxy) is 1. The van der Waals surface area contributed by atoms with E-state index < -0.39 is 12.2 Å². The second-order valence-electron chi connectivity index (χ2n) is 4.71. The number of aliphatic hydroxyl groups is 1. The van der Waals surface area contributed by atoms with Crippen molar-refractivity contribution in [1.82, 2.24) is 4.90 Å². The van der Waals surface area contributed by atoms with Crippen LogP contribution in [0.15, 0.2) is 36.0 Å². The molecule has 0 bridgehead atoms. The molecule has 1 aromatic rings. The number of aliphatic hydroxyl groups excluding tert-OH is 1. The molecule has 2 aliphatic heterocycles. The maximum absolute atomic E-state index is 13.0. The normalized spacial score (nSPS) is 26.9. The van der Waals surface area contributed by atoms with E-state index in [-0.39, 0.29) is 18.5 Å². The van der Waals surface area contributed by atoms with Gasteiger partial charge < -0.3 is 14.7 Å². The fourth-order valence-electron chi connectivity index (χ4n) is 2.61. The van der Waals surface area contributed by atoms with Gasteiger partial charge in [0.2, 0.25) is 6.29 Å². The van der Waals surface area contributed by atoms with Crippen molar-refractivity contribution in [3.8, 4) is 0 Å². The summed E-state index contributed by atoms with van der Waals surface area (Å²) in [5.74, 6) is -0.754. The predicted octanol–water partition coefficient (Wildman–Crippen LogP) is 1.72. The Hall–Kier alpha value is -1.72. The third kappa shape index (κ3) is 2.15. The van der Waals surface area contributed by atoms with Crippen LogP contribution >= 0.6 is 0 Å². The van der Waals surface area contributed by atoms with Crippen LogP contribution in [0.5, 0.6) is 0 Å². The van der Waals surface area contributed by atoms with E-state index in [0.717, 1.165) is 24.1 Å². The highest BCUT2D eigenvalue weighted by Crippen LogP contribution is 2.36. The predicted molar refractivity (Wildman–Crippen MR) is 65.3 cm³/mol. The van der Waals surface area contributed by atoms with Crippen LogP contribution in [0.3, 0.4) is 0 Å². The van der Waals surface area contributed by atoms with E-state index in [4.69, 9.17) is 4.74 Å². The van der Waals surface area contributed by atoms with Crippen LogP contribution in [0, 0.1) is 5.82 Å². The smallest absolute Gasteiger partial charge is 0.284 e. The molecule has 2 atom stereocenters. The van der Waals surface area contributed by atoms with Crippen molar-refractivity contribution in [3.05, 3.63) is 47.4 Å². The van der Waals surface area contributed by atoms with Gasteiger partial charge in [-0.15, -0.1) is 0 Å². The molecule has 4 nitrogen and oxygen atoms in total. The van der Waals surface area contributed by atoms with E-state index in [2.05, 4.69) is 0 Å². The molecule has 0 aliphatic carbocycles. The Morgan fingerprint density at radius 1 is 1.32 bits per heavy atom. The van der Waals surface area contributed by atoms with Gasteiger partial charge in [0, 0.05) is 5.70 Å². The monoisotopic (exact) mass is 263 g/mol. The Morgan fingerprint density at radius 2 is 2.05 bits per heavy atom. The molecule has 1 saturated heterocycles. The minimum atomic E-state index is -1.40. The fraction of sp³-hybridized carbons (Fsp3) is 0.357. The minimum absolute atomic E-state index is 0.161. The number of halogens is 1. The van der Waals surface area contributed by atoms with Gasteiger partial charge in [0.1, 0.15) is 5.82 Å². The zero-order valence-corrected chi connectivity index (χ0v) is 10.3. The summed E-state index contributed by atoms with van der Waals surface area (Å²) in [5, 5.41) is 9.52. The Balaban J connectivity index is 1.95. The summed E-state index contributed by atoms with van der Waals surface area (Å²) in [5.41, 5.74) is 1.64. The average molecular weight is 263 g/mol. The molecule has 0 saturated carbocycles. The lowest BCUT2D eigenvalue weighted by atomic mass is 9.95. The molecule has 1 N–H and O–H groups in total. The number of hydrogen-bond donors (Lipinski definition) is 1. The third-order valence-corrected chi connectivity index (χ3v) is 3.53. The van der Waals surface area contributed by atoms with E-state index >= 15 is 0 Å². The number of nitrogens with zero attached hydrogens (tertiary/aromatic N) is 1. The molecule has 2 aliphatic rings. The van der Waals surface area contributed by atoms with Gasteiger partial charge in [-0.25, -0.2) is 4.39 Å². The lowest BCUT2D eigenvalue weighted by Crippen LogP contribution is -2.48. The fourth-order valence-corrected chi connectivity index (χ4v) is 2.61. The first-order valence-corrected chi connectivity index (χ1v) is 6.24. The van der Waals surface area contributed by atoms with Gasteiger partial charge in [0.05, 0.1) is 12.6 Å². The van der Waals surface area contributed by atoms with Crippen molar-refractivity contribution < 1.29 is 19.0 Å². The van der Waals surface area contributed by atoms with Gasteiger partial charge in [-0.3, -0.25) is 4.79 Å². The van der Waals surface area contributed by atoms with Gasteiger partial charge in [-0.05, 0) is 30.5 Å². The SMILES string of the molecule is O=C1C(O)OCC2=CCC[C@H](c3ccc(F)cc3)N12. The molecule has 1 fully saturated rings. The molecule has 0 spiro atoms. The van der Waals surface area contributed by atoms with Crippen molar-refractivity contribution in [1.29, 1.82) is 0 Å². The van der Waals surface area contributed by atoms with Gasteiger partial charge >= 0.3 is 0 Å². The van der Waals surface area contributed by atoms with E-state index in [1.165, 1.54) is 12.1 Å². The first kappa shape index (κ1) is 12.3. The highest BCUT2D eigenvalue weighted by atomic mass is 19.1. The summed E-state index contributed by atoms with van der Waals surface area (Å²) in [7, 11) is 0. The first-order valence-electron chi connectivity index (χ1n) is 6.24. The number of allylic oxidation sites excluding steroid dienone is 1. The highest BCUT2D eigenvalue weighted by molar-refractivity contribution is 5.82. The van der Waals surface area contributed by atoms with Crippen LogP contribution in [-0.2, 0) is 9.53 Å². The summed E-state index contributed by atoms with van der Waals surface area (Å²) >= 11 is 0. The van der Waals surface area contributed by atoms with Crippen molar-refractivity contribution >= 4 is 5.91 Å². The second-order valence-corrected chi connectivity index (χ2v) is 4.71. The topological polar surface area (TPSA) is 49.8 Å². The molecular formula is C14H14FNO3. The maximum atomic E-state index is 13.0. The van der Waals surface area contributed by atoms with Crippen LogP contribution in [0.4, 0.5) is 4.39 Å². The minimum Gasteiger partial charge on any atom is -0.360 e. The lowest BCUT2D eigenvalue weighted by molar-refractivity contribution is -0.180. The molecule has 5 heteroatoms. The molecule has 1 unspecified atom stereocenters. The van der Waals surface area contributed by atoms with E-state index in [1.54, 1.807) is 17.0 Å². The number of benzene rings is 1. The molecule has 2 heterocycles. The van der Waals surface area contributed by atoms with Crippen LogP contribution in [-0.4, -0.2) is 28.8 Å². The lowest BCUT2D eigenvalue weighted by Gasteiger charge is -2.40. The Labute approximate surface area is 110 Å². The van der Waals surface area contributed by atoms with Gasteiger partial charge in [0.15, 0.2) is 0 Å². The Kier molecular flexibility index (Phi) is 3.08. The standard InChI is InChI=1S/C14H14FNO3/c15-10-6-4-9(5-7-10)12-3-1-2-11-8-19-14(18)13(17)16(11)12/h2,4-7,12,14,18H,1,3,8H2/t12-,14?/m1/s1. The third-order valence-electron chi connectivity index (χ3n) is 3.53. The summed E-state index contributed by atoms with van der Waals surface area (Å²) in [6.07, 6.45) is 2.14. The quantitative estimate of drug-likeness (QED) is 0.839. The number of fused-ring (bicyclic) bond motifs is 1. The average Bonchev–Trinajstić information content (AvgIpc) is 2.43. The zero-order valence-electron chi connectivity index (χ0n) is 10.3. The summed E-state index contributed by atoms with van der Waals surface area (Å²) in [6.45, 7) is 0.227. The maximum Gasteiger partial charge on any atom is 0.284 e. The number of hydrogen-bond acceptors (Lipinski definition) is 3. The second kappa shape index (κ2) is 4.75. The number of morpholine rings is 1. The Morgan fingerprint density at radius 3 is 2.79 bits per heavy atom. The number of carbonyl (C=O) groups is 1. The van der Waals surface area contributed by atoms with Crippen LogP contribution in [0.25, 0.3) is 0 Å². The molecule has 100 valence electrons. The van der Waals surface area contributed by atoms with Crippen molar-refractivity contribution in [3.63, 3.8) is 0 Å². The molecular weight excluding hydrogens is 249 g/mol. The summed E-state index contributed by atoms with van der Waals surface area (Å²) < 4.78 is 18.0. The summed E-state index contributed by atoms with van der Waals surface area (Å²) in [4.78, 5) is 13.6. The molecule has 1 amide bonds. The van der Waals surface area contributed by atoms with Crippen LogP contribution < -0.4 is 0 Å². The van der Waals surface area contributed by atoms with Crippen molar-refractivity contribution in [2.24, 2.45) is 0 Å². The van der Waals surface area contributed by atoms with Gasteiger partial charge in [-0.1, -0.05) is 18.2 Å². The number of carbonyl (C=O) groups excluding carboxylic acids is 1. The molecule has 1 aromatic carbocycles. The number of rotatable bonds is 1. The van der Waals surface area contributed by atoms with E-state index in [1.807, 2.05) is 6.08 Å². The van der Waals surface area contributed by atoms with E-state index in [0.29, 0.717) is 0 Å².